The van der Waals surface area contributed by atoms with Gasteiger partial charge in [-0.2, -0.15) is 4.99 Å². The van der Waals surface area contributed by atoms with Gasteiger partial charge in [-0.05, 0) is 24.6 Å². The van der Waals surface area contributed by atoms with Gasteiger partial charge in [-0.3, -0.25) is 0 Å². The highest BCUT2D eigenvalue weighted by molar-refractivity contribution is 9.10. The van der Waals surface area contributed by atoms with Crippen molar-refractivity contribution in [3.63, 3.8) is 0 Å². The van der Waals surface area contributed by atoms with Crippen LogP contribution < -0.4 is 0 Å². The number of nitrogens with zero attached hydrogens (tertiary/aromatic N) is 1. The van der Waals surface area contributed by atoms with Crippen molar-refractivity contribution in [2.45, 2.75) is 6.92 Å². The van der Waals surface area contributed by atoms with Crippen molar-refractivity contribution < 1.29 is 4.79 Å². The first-order chi connectivity index (χ1) is 5.66. The second-order valence-corrected chi connectivity index (χ2v) is 3.44. The fraction of sp³-hybridized carbons (Fsp3) is 0.125. The van der Waals surface area contributed by atoms with E-state index in [2.05, 4.69) is 20.9 Å². The maximum Gasteiger partial charge on any atom is 0.240 e. The van der Waals surface area contributed by atoms with Gasteiger partial charge in [-0.25, -0.2) is 4.79 Å². The van der Waals surface area contributed by atoms with Gasteiger partial charge in [0.1, 0.15) is 0 Å². The number of hydrogen-bond donors (Lipinski definition) is 0. The Kier molecular flexibility index (Phi) is 3.04. The summed E-state index contributed by atoms with van der Waals surface area (Å²) in [6, 6.07) is 3.45. The van der Waals surface area contributed by atoms with Crippen molar-refractivity contribution in [2.75, 3.05) is 0 Å². The Morgan fingerprint density at radius 1 is 1.58 bits per heavy atom. The van der Waals surface area contributed by atoms with Gasteiger partial charge in [0.15, 0.2) is 0 Å². The zero-order valence-electron chi connectivity index (χ0n) is 6.27. The molecule has 0 saturated heterocycles. The molecule has 2 nitrogen and oxygen atoms in total. The fourth-order valence-corrected chi connectivity index (χ4v) is 1.43. The van der Waals surface area contributed by atoms with E-state index in [0.717, 1.165) is 10.0 Å². The van der Waals surface area contributed by atoms with E-state index in [4.69, 9.17) is 11.6 Å². The minimum Gasteiger partial charge on any atom is -0.211 e. The Hall–Kier alpha value is -0.630. The summed E-state index contributed by atoms with van der Waals surface area (Å²) in [7, 11) is 0. The van der Waals surface area contributed by atoms with Crippen LogP contribution in [0.1, 0.15) is 5.56 Å². The van der Waals surface area contributed by atoms with Crippen LogP contribution in [0, 0.1) is 6.92 Å². The maximum atomic E-state index is 9.96. The maximum absolute atomic E-state index is 9.96. The van der Waals surface area contributed by atoms with E-state index >= 15 is 0 Å². The summed E-state index contributed by atoms with van der Waals surface area (Å²) in [6.07, 6.45) is 1.45. The van der Waals surface area contributed by atoms with Gasteiger partial charge in [0.2, 0.25) is 6.08 Å². The molecular weight excluding hydrogens is 241 g/mol. The van der Waals surface area contributed by atoms with Crippen LogP contribution >= 0.6 is 27.5 Å². The number of rotatable bonds is 1. The summed E-state index contributed by atoms with van der Waals surface area (Å²) < 4.78 is 0.900. The summed E-state index contributed by atoms with van der Waals surface area (Å²) in [4.78, 5) is 13.4. The van der Waals surface area contributed by atoms with Crippen molar-refractivity contribution >= 4 is 39.3 Å². The molecule has 0 N–H and O–H groups in total. The van der Waals surface area contributed by atoms with Crippen LogP contribution in [0.2, 0.25) is 5.02 Å². The second kappa shape index (κ2) is 3.85. The van der Waals surface area contributed by atoms with Crippen LogP contribution in [0.5, 0.6) is 0 Å². The molecule has 0 amide bonds. The van der Waals surface area contributed by atoms with Gasteiger partial charge in [0.05, 0.1) is 10.7 Å². The average molecular weight is 246 g/mol. The lowest BCUT2D eigenvalue weighted by Gasteiger charge is -2.01. The molecule has 0 bridgehead atoms. The molecule has 0 fully saturated rings. The zero-order valence-corrected chi connectivity index (χ0v) is 8.61. The quantitative estimate of drug-likeness (QED) is 0.552. The largest absolute Gasteiger partial charge is 0.240 e. The molecule has 0 aromatic heterocycles. The highest BCUT2D eigenvalue weighted by atomic mass is 79.9. The van der Waals surface area contributed by atoms with Gasteiger partial charge < -0.3 is 0 Å². The fourth-order valence-electron chi connectivity index (χ4n) is 0.783. The first kappa shape index (κ1) is 9.46. The SMILES string of the molecule is Cc1c(Br)ccc(N=C=O)c1Cl. The van der Waals surface area contributed by atoms with Gasteiger partial charge in [-0.15, -0.1) is 0 Å². The first-order valence-corrected chi connectivity index (χ1v) is 4.36. The minimum atomic E-state index is 0.451. The summed E-state index contributed by atoms with van der Waals surface area (Å²) in [6.45, 7) is 1.84. The smallest absolute Gasteiger partial charge is 0.211 e. The molecule has 4 heteroatoms. The van der Waals surface area contributed by atoms with Crippen LogP contribution in [-0.4, -0.2) is 6.08 Å². The summed E-state index contributed by atoms with van der Waals surface area (Å²) in [5.74, 6) is 0. The summed E-state index contributed by atoms with van der Waals surface area (Å²) in [5, 5.41) is 0.479. The molecule has 0 radical (unpaired) electrons. The third-order valence-electron chi connectivity index (χ3n) is 1.47. The molecule has 1 aromatic carbocycles. The van der Waals surface area contributed by atoms with E-state index in [1.165, 1.54) is 6.08 Å². The van der Waals surface area contributed by atoms with Crippen LogP contribution in [0.15, 0.2) is 21.6 Å². The average Bonchev–Trinajstić information content (AvgIpc) is 2.07. The van der Waals surface area contributed by atoms with Crippen LogP contribution in [0.3, 0.4) is 0 Å². The number of benzene rings is 1. The molecule has 0 unspecified atom stereocenters. The lowest BCUT2D eigenvalue weighted by molar-refractivity contribution is 0.565. The van der Waals surface area contributed by atoms with Gasteiger partial charge in [-0.1, -0.05) is 27.5 Å². The van der Waals surface area contributed by atoms with E-state index in [9.17, 15) is 4.79 Å². The molecule has 0 aliphatic rings. The standard InChI is InChI=1S/C8H5BrClNO/c1-5-6(9)2-3-7(8(5)10)11-4-12/h2-3H,1H3. The van der Waals surface area contributed by atoms with E-state index in [1.807, 2.05) is 6.92 Å². The lowest BCUT2D eigenvalue weighted by atomic mass is 10.2. The molecule has 0 spiro atoms. The van der Waals surface area contributed by atoms with Crippen molar-refractivity contribution in [1.82, 2.24) is 0 Å². The molecule has 1 rings (SSSR count). The highest BCUT2D eigenvalue weighted by Gasteiger charge is 2.04. The van der Waals surface area contributed by atoms with Gasteiger partial charge in [0, 0.05) is 4.47 Å². The van der Waals surface area contributed by atoms with Crippen LogP contribution in [0.25, 0.3) is 0 Å². The third kappa shape index (κ3) is 1.75. The minimum absolute atomic E-state index is 0.451. The number of aliphatic imine (C=N–C) groups is 1. The molecule has 0 atom stereocenters. The van der Waals surface area contributed by atoms with E-state index < -0.39 is 0 Å². The molecular formula is C8H5BrClNO. The lowest BCUT2D eigenvalue weighted by Crippen LogP contribution is -1.77. The molecule has 12 heavy (non-hydrogen) atoms. The van der Waals surface area contributed by atoms with Gasteiger partial charge >= 0.3 is 0 Å². The molecule has 1 aromatic rings. The number of hydrogen-bond acceptors (Lipinski definition) is 2. The zero-order chi connectivity index (χ0) is 9.14. The molecule has 0 aliphatic heterocycles. The van der Waals surface area contributed by atoms with E-state index in [1.54, 1.807) is 12.1 Å². The molecule has 0 saturated carbocycles. The van der Waals surface area contributed by atoms with Crippen molar-refractivity contribution in [3.8, 4) is 0 Å². The number of isocyanates is 1. The van der Waals surface area contributed by atoms with Crippen molar-refractivity contribution in [1.29, 1.82) is 0 Å². The Bertz CT molecular complexity index is 358. The van der Waals surface area contributed by atoms with Crippen LogP contribution in [0.4, 0.5) is 5.69 Å². The van der Waals surface area contributed by atoms with Crippen molar-refractivity contribution in [3.05, 3.63) is 27.2 Å². The molecule has 0 heterocycles. The summed E-state index contributed by atoms with van der Waals surface area (Å²) in [5.41, 5.74) is 1.32. The predicted octanol–water partition coefficient (Wildman–Crippen LogP) is 3.38. The Labute approximate surface area is 83.4 Å². The molecule has 0 aliphatic carbocycles. The Morgan fingerprint density at radius 2 is 2.25 bits per heavy atom. The Morgan fingerprint density at radius 3 is 2.83 bits per heavy atom. The van der Waals surface area contributed by atoms with E-state index in [-0.39, 0.29) is 0 Å². The monoisotopic (exact) mass is 245 g/mol. The first-order valence-electron chi connectivity index (χ1n) is 3.19. The highest BCUT2D eigenvalue weighted by Crippen LogP contribution is 2.32. The number of halogens is 2. The van der Waals surface area contributed by atoms with Crippen LogP contribution in [-0.2, 0) is 4.79 Å². The van der Waals surface area contributed by atoms with Crippen molar-refractivity contribution in [2.24, 2.45) is 4.99 Å². The van der Waals surface area contributed by atoms with Gasteiger partial charge in [0.25, 0.3) is 0 Å². The van der Waals surface area contributed by atoms with E-state index in [0.29, 0.717) is 10.7 Å². The number of carbonyl (C=O) groups excluding carboxylic acids is 1. The Balaban J connectivity index is 3.35. The normalized spacial score (nSPS) is 9.25. The summed E-state index contributed by atoms with van der Waals surface area (Å²) >= 11 is 9.18. The topological polar surface area (TPSA) is 29.4 Å². The predicted molar refractivity (Wildman–Crippen MR) is 51.7 cm³/mol. The second-order valence-electron chi connectivity index (χ2n) is 2.21. The third-order valence-corrected chi connectivity index (χ3v) is 2.80. The molecule has 62 valence electrons.